The maximum atomic E-state index is 13.8. The number of likely N-dealkylation sites (tertiary alicyclic amines) is 1. The minimum atomic E-state index is -0.308. The van der Waals surface area contributed by atoms with Crippen molar-refractivity contribution in [2.75, 3.05) is 38.1 Å². The van der Waals surface area contributed by atoms with Crippen LogP contribution in [0.1, 0.15) is 18.4 Å². The van der Waals surface area contributed by atoms with Crippen LogP contribution in [0.5, 0.6) is 0 Å². The molecule has 38 heavy (non-hydrogen) atoms. The van der Waals surface area contributed by atoms with Crippen LogP contribution in [-0.2, 0) is 6.54 Å². The predicted molar refractivity (Wildman–Crippen MR) is 145 cm³/mol. The summed E-state index contributed by atoms with van der Waals surface area (Å²) in [5, 5.41) is 22.8. The van der Waals surface area contributed by atoms with Crippen LogP contribution in [0, 0.1) is 18.2 Å². The van der Waals surface area contributed by atoms with Gasteiger partial charge in [0.2, 0.25) is 0 Å². The topological polar surface area (TPSA) is 88.2 Å². The summed E-state index contributed by atoms with van der Waals surface area (Å²) >= 11 is 0. The molecule has 2 aliphatic rings. The third-order valence-electron chi connectivity index (χ3n) is 7.92. The number of aromatic nitrogens is 4. The van der Waals surface area contributed by atoms with Gasteiger partial charge < -0.3 is 15.3 Å². The maximum Gasteiger partial charge on any atom is 0.271 e. The lowest BCUT2D eigenvalue weighted by molar-refractivity contribution is 0.0767. The van der Waals surface area contributed by atoms with Gasteiger partial charge in [0, 0.05) is 30.1 Å². The number of hydrogen-bond acceptors (Lipinski definition) is 6. The van der Waals surface area contributed by atoms with E-state index in [4.69, 9.17) is 10.2 Å². The lowest BCUT2D eigenvalue weighted by Crippen LogP contribution is -2.48. The number of piperidine rings is 1. The highest BCUT2D eigenvalue weighted by Crippen LogP contribution is 2.43. The van der Waals surface area contributed by atoms with Crippen molar-refractivity contribution in [1.82, 2.24) is 24.5 Å². The fourth-order valence-corrected chi connectivity index (χ4v) is 5.70. The molecule has 0 radical (unpaired) electrons. The molecule has 6 rings (SSSR count). The van der Waals surface area contributed by atoms with E-state index in [0.29, 0.717) is 17.9 Å². The summed E-state index contributed by atoms with van der Waals surface area (Å²) < 4.78 is 17.2. The number of nitrogens with one attached hydrogen (secondary N) is 1. The summed E-state index contributed by atoms with van der Waals surface area (Å²) in [6.45, 7) is 6.29. The Labute approximate surface area is 220 Å². The molecular weight excluding hydrogens is 483 g/mol. The Kier molecular flexibility index (Phi) is 6.33. The first kappa shape index (κ1) is 24.5. The van der Waals surface area contributed by atoms with Crippen molar-refractivity contribution in [3.8, 4) is 28.2 Å². The van der Waals surface area contributed by atoms with Crippen molar-refractivity contribution in [1.29, 1.82) is 0 Å². The van der Waals surface area contributed by atoms with Crippen molar-refractivity contribution in [3.63, 3.8) is 0 Å². The van der Waals surface area contributed by atoms with Crippen LogP contribution < -0.4 is 10.9 Å². The first-order chi connectivity index (χ1) is 18.5. The van der Waals surface area contributed by atoms with Crippen molar-refractivity contribution < 1.29 is 9.50 Å². The third kappa shape index (κ3) is 4.41. The highest BCUT2D eigenvalue weighted by atomic mass is 19.1. The Balaban J connectivity index is 1.45. The zero-order valence-corrected chi connectivity index (χ0v) is 21.4. The van der Waals surface area contributed by atoms with E-state index >= 15 is 0 Å². The van der Waals surface area contributed by atoms with E-state index in [1.165, 1.54) is 22.9 Å². The second-order valence-corrected chi connectivity index (χ2v) is 10.4. The third-order valence-corrected chi connectivity index (χ3v) is 7.92. The Bertz CT molecular complexity index is 1520. The van der Waals surface area contributed by atoms with Gasteiger partial charge in [0.15, 0.2) is 0 Å². The standard InChI is InChI=1S/C29H31FN6O2/c1-20-4-2-3-5-24(20)36-25(38)11-10-23(32-36)26-27(21-6-8-22(30)9-7-21)33-35-19-29(18-31-28(26)35)12-14-34(15-13-29)16-17-37/h2-11,31,37H,12-19H2,1H3. The van der Waals surface area contributed by atoms with Crippen molar-refractivity contribution >= 4 is 5.82 Å². The van der Waals surface area contributed by atoms with Crippen LogP contribution in [0.25, 0.3) is 28.2 Å². The molecule has 2 aliphatic heterocycles. The average molecular weight is 515 g/mol. The summed E-state index contributed by atoms with van der Waals surface area (Å²) in [5.74, 6) is 0.549. The van der Waals surface area contributed by atoms with E-state index in [0.717, 1.165) is 67.2 Å². The van der Waals surface area contributed by atoms with Gasteiger partial charge in [0.1, 0.15) is 17.3 Å². The second-order valence-electron chi connectivity index (χ2n) is 10.4. The highest BCUT2D eigenvalue weighted by Gasteiger charge is 2.40. The Morgan fingerprint density at radius 2 is 1.79 bits per heavy atom. The van der Waals surface area contributed by atoms with Crippen molar-refractivity contribution in [3.05, 3.63) is 82.4 Å². The number of benzene rings is 2. The molecule has 2 aromatic heterocycles. The van der Waals surface area contributed by atoms with E-state index in [2.05, 4.69) is 10.2 Å². The van der Waals surface area contributed by atoms with Crippen LogP contribution >= 0.6 is 0 Å². The second kappa shape index (κ2) is 9.81. The molecule has 0 atom stereocenters. The molecular formula is C29H31FN6O2. The molecule has 4 aromatic rings. The molecule has 1 saturated heterocycles. The number of aliphatic hydroxyl groups is 1. The van der Waals surface area contributed by atoms with E-state index in [1.807, 2.05) is 35.9 Å². The molecule has 0 amide bonds. The number of hydrogen-bond donors (Lipinski definition) is 2. The molecule has 1 fully saturated rings. The first-order valence-electron chi connectivity index (χ1n) is 13.1. The van der Waals surface area contributed by atoms with Crippen LogP contribution in [0.2, 0.25) is 0 Å². The molecule has 2 N–H and O–H groups in total. The largest absolute Gasteiger partial charge is 0.395 e. The highest BCUT2D eigenvalue weighted by molar-refractivity contribution is 5.87. The zero-order valence-electron chi connectivity index (χ0n) is 21.4. The normalized spacial score (nSPS) is 16.8. The van der Waals surface area contributed by atoms with Crippen molar-refractivity contribution in [2.45, 2.75) is 26.3 Å². The van der Waals surface area contributed by atoms with Gasteiger partial charge in [-0.25, -0.2) is 9.07 Å². The van der Waals surface area contributed by atoms with E-state index < -0.39 is 0 Å². The number of aliphatic hydroxyl groups excluding tert-OH is 1. The Morgan fingerprint density at radius 3 is 2.53 bits per heavy atom. The number of aryl methyl sites for hydroxylation is 1. The Hall–Kier alpha value is -3.82. The van der Waals surface area contributed by atoms with Gasteiger partial charge in [0.25, 0.3) is 5.56 Å². The number of halogens is 1. The number of fused-ring (bicyclic) bond motifs is 1. The van der Waals surface area contributed by atoms with E-state index in [9.17, 15) is 14.3 Å². The number of anilines is 1. The van der Waals surface area contributed by atoms with Gasteiger partial charge in [-0.2, -0.15) is 14.9 Å². The van der Waals surface area contributed by atoms with Crippen LogP contribution in [0.3, 0.4) is 0 Å². The van der Waals surface area contributed by atoms with Gasteiger partial charge in [0.05, 0.1) is 30.1 Å². The molecule has 2 aromatic carbocycles. The molecule has 9 heteroatoms. The molecule has 0 aliphatic carbocycles. The summed E-state index contributed by atoms with van der Waals surface area (Å²) in [4.78, 5) is 15.2. The summed E-state index contributed by atoms with van der Waals surface area (Å²) in [7, 11) is 0. The summed E-state index contributed by atoms with van der Waals surface area (Å²) in [6, 6.07) is 17.3. The minimum absolute atomic E-state index is 0.0652. The SMILES string of the molecule is Cc1ccccc1-n1nc(-c2c(-c3ccc(F)cc3)nn3c2NCC2(CCN(CCO)CC2)C3)ccc1=O. The monoisotopic (exact) mass is 514 g/mol. The van der Waals surface area contributed by atoms with E-state index in [1.54, 1.807) is 18.2 Å². The number of para-hydroxylation sites is 1. The molecule has 4 heterocycles. The summed E-state index contributed by atoms with van der Waals surface area (Å²) in [5.41, 5.74) is 4.43. The summed E-state index contributed by atoms with van der Waals surface area (Å²) in [6.07, 6.45) is 2.02. The number of rotatable bonds is 5. The fourth-order valence-electron chi connectivity index (χ4n) is 5.70. The maximum absolute atomic E-state index is 13.8. The van der Waals surface area contributed by atoms with Crippen LogP contribution in [0.4, 0.5) is 10.2 Å². The van der Waals surface area contributed by atoms with Gasteiger partial charge in [-0.05, 0) is 74.8 Å². The lowest BCUT2D eigenvalue weighted by Gasteiger charge is -2.44. The molecule has 1 spiro atoms. The quantitative estimate of drug-likeness (QED) is 0.422. The number of β-amino-alcohol motifs (C(OH)–C–C–N with tert-alkyl or cyclic N) is 1. The van der Waals surface area contributed by atoms with Crippen molar-refractivity contribution in [2.24, 2.45) is 5.41 Å². The molecule has 0 bridgehead atoms. The van der Waals surface area contributed by atoms with Gasteiger partial charge in [-0.1, -0.05) is 18.2 Å². The smallest absolute Gasteiger partial charge is 0.271 e. The first-order valence-corrected chi connectivity index (χ1v) is 13.1. The van der Waals surface area contributed by atoms with E-state index in [-0.39, 0.29) is 23.4 Å². The van der Waals surface area contributed by atoms with Gasteiger partial charge in [-0.15, -0.1) is 0 Å². The molecule has 0 unspecified atom stereocenters. The van der Waals surface area contributed by atoms with Crippen LogP contribution in [-0.4, -0.2) is 62.4 Å². The number of nitrogens with zero attached hydrogens (tertiary/aromatic N) is 5. The van der Waals surface area contributed by atoms with Gasteiger partial charge >= 0.3 is 0 Å². The minimum Gasteiger partial charge on any atom is -0.395 e. The lowest BCUT2D eigenvalue weighted by atomic mass is 9.77. The molecule has 0 saturated carbocycles. The average Bonchev–Trinajstić information content (AvgIpc) is 3.30. The fraction of sp³-hybridized carbons (Fsp3) is 0.345. The predicted octanol–water partition coefficient (Wildman–Crippen LogP) is 3.71. The Morgan fingerprint density at radius 1 is 1.03 bits per heavy atom. The molecule has 196 valence electrons. The molecule has 8 nitrogen and oxygen atoms in total. The zero-order chi connectivity index (χ0) is 26.3. The van der Waals surface area contributed by atoms with Crippen LogP contribution in [0.15, 0.2) is 65.5 Å². The van der Waals surface area contributed by atoms with Gasteiger partial charge in [-0.3, -0.25) is 4.79 Å².